The standard InChI is InChI=1S/C16H10F2NO.C11H20O2.Ir/c1-20-16-4-2-3-14-12(16)7-8-15(19-14)11-6-5-10(17)9-13(11)18;1-10(2,3)8(12)7-9(13)11(4,5)6;/h2-5,7-9H,1H3;7H2,1-6H3;/q-1;;. The molecule has 3 aromatic rings. The maximum absolute atomic E-state index is 13.7. The van der Waals surface area contributed by atoms with Crippen LogP contribution in [0.3, 0.4) is 0 Å². The fourth-order valence-electron chi connectivity index (χ4n) is 2.76. The molecule has 3 rings (SSSR count). The van der Waals surface area contributed by atoms with E-state index in [9.17, 15) is 18.4 Å². The molecule has 1 heterocycles. The Balaban J connectivity index is 0.000000364. The summed E-state index contributed by atoms with van der Waals surface area (Å²) >= 11 is 0. The van der Waals surface area contributed by atoms with Crippen LogP contribution in [0.1, 0.15) is 48.0 Å². The first-order valence-corrected chi connectivity index (χ1v) is 10.6. The summed E-state index contributed by atoms with van der Waals surface area (Å²) < 4.78 is 31.9. The molecule has 0 fully saturated rings. The molecular weight excluding hydrogens is 617 g/mol. The molecule has 0 saturated heterocycles. The minimum Gasteiger partial charge on any atom is -0.496 e. The van der Waals surface area contributed by atoms with E-state index in [0.29, 0.717) is 17.0 Å². The number of nitrogens with zero attached hydrogens (tertiary/aromatic N) is 1. The van der Waals surface area contributed by atoms with E-state index in [-0.39, 0.29) is 43.7 Å². The van der Waals surface area contributed by atoms with Gasteiger partial charge in [-0.25, -0.2) is 0 Å². The first-order chi connectivity index (χ1) is 15.2. The van der Waals surface area contributed by atoms with Gasteiger partial charge in [0.25, 0.3) is 0 Å². The van der Waals surface area contributed by atoms with Crippen molar-refractivity contribution in [2.75, 3.05) is 7.11 Å². The van der Waals surface area contributed by atoms with E-state index < -0.39 is 22.5 Å². The molecule has 0 spiro atoms. The van der Waals surface area contributed by atoms with Crippen LogP contribution in [-0.4, -0.2) is 23.7 Å². The molecule has 4 nitrogen and oxygen atoms in total. The number of methoxy groups -OCH3 is 1. The van der Waals surface area contributed by atoms with Gasteiger partial charge in [-0.05, 0) is 17.8 Å². The van der Waals surface area contributed by atoms with E-state index in [2.05, 4.69) is 11.1 Å². The van der Waals surface area contributed by atoms with Gasteiger partial charge < -0.3 is 4.74 Å². The van der Waals surface area contributed by atoms with Gasteiger partial charge in [-0.3, -0.25) is 23.4 Å². The molecule has 0 aliphatic heterocycles. The number of fused-ring (bicyclic) bond motifs is 1. The number of carbonyl (C=O) groups is 2. The fraction of sp³-hybridized carbons (Fsp3) is 0.370. The second-order valence-electron chi connectivity index (χ2n) is 9.79. The predicted octanol–water partition coefficient (Wildman–Crippen LogP) is 6.59. The monoisotopic (exact) mass is 647 g/mol. The molecule has 2 aromatic carbocycles. The molecule has 0 atom stereocenters. The van der Waals surface area contributed by atoms with Gasteiger partial charge in [-0.1, -0.05) is 71.4 Å². The first-order valence-electron chi connectivity index (χ1n) is 10.6. The topological polar surface area (TPSA) is 56.3 Å². The van der Waals surface area contributed by atoms with Gasteiger partial charge in [0.05, 0.1) is 19.0 Å². The maximum atomic E-state index is 13.7. The summed E-state index contributed by atoms with van der Waals surface area (Å²) in [4.78, 5) is 27.4. The van der Waals surface area contributed by atoms with Crippen molar-refractivity contribution in [3.05, 3.63) is 60.2 Å². The first kappa shape index (κ1) is 29.5. The summed E-state index contributed by atoms with van der Waals surface area (Å²) in [7, 11) is 1.58. The maximum Gasteiger partial charge on any atom is 0.145 e. The number of benzene rings is 2. The molecule has 0 aliphatic carbocycles. The Morgan fingerprint density at radius 3 is 2.06 bits per heavy atom. The Morgan fingerprint density at radius 2 is 1.56 bits per heavy atom. The number of hydrogen-bond donors (Lipinski definition) is 0. The van der Waals surface area contributed by atoms with E-state index >= 15 is 0 Å². The van der Waals surface area contributed by atoms with Crippen LogP contribution in [0.5, 0.6) is 5.75 Å². The van der Waals surface area contributed by atoms with Gasteiger partial charge in [0.1, 0.15) is 17.3 Å². The number of pyridine rings is 1. The molecule has 0 aliphatic rings. The molecule has 34 heavy (non-hydrogen) atoms. The summed E-state index contributed by atoms with van der Waals surface area (Å²) in [6, 6.07) is 13.4. The SMILES string of the molecule is CC(C)(C)C(=O)CC(=O)C(C)(C)C.COc1cccc2nc(-c3[c-]cc(F)cc3F)ccc12.[Ir]. The van der Waals surface area contributed by atoms with Crippen molar-refractivity contribution >= 4 is 22.5 Å². The summed E-state index contributed by atoms with van der Waals surface area (Å²) in [5, 5.41) is 0.835. The molecule has 0 saturated carbocycles. The van der Waals surface area contributed by atoms with Crippen LogP contribution in [0.25, 0.3) is 22.2 Å². The van der Waals surface area contributed by atoms with Crippen molar-refractivity contribution in [2.24, 2.45) is 10.8 Å². The molecule has 0 N–H and O–H groups in total. The van der Waals surface area contributed by atoms with Gasteiger partial charge in [-0.2, -0.15) is 0 Å². The van der Waals surface area contributed by atoms with Crippen LogP contribution in [0, 0.1) is 28.5 Å². The van der Waals surface area contributed by atoms with Crippen LogP contribution >= 0.6 is 0 Å². The zero-order valence-corrected chi connectivity index (χ0v) is 22.9. The summed E-state index contributed by atoms with van der Waals surface area (Å²) in [6.07, 6.45) is 0.0625. The van der Waals surface area contributed by atoms with Crippen molar-refractivity contribution in [1.29, 1.82) is 0 Å². The quantitative estimate of drug-likeness (QED) is 0.237. The largest absolute Gasteiger partial charge is 0.496 e. The molecule has 1 radical (unpaired) electrons. The van der Waals surface area contributed by atoms with Crippen LogP contribution in [0.4, 0.5) is 8.78 Å². The zero-order chi connectivity index (χ0) is 25.0. The van der Waals surface area contributed by atoms with E-state index in [1.807, 2.05) is 59.7 Å². The summed E-state index contributed by atoms with van der Waals surface area (Å²) in [5.41, 5.74) is 0.431. The Morgan fingerprint density at radius 1 is 0.971 bits per heavy atom. The molecule has 7 heteroatoms. The van der Waals surface area contributed by atoms with E-state index in [4.69, 9.17) is 4.74 Å². The number of ketones is 2. The van der Waals surface area contributed by atoms with E-state index in [1.165, 1.54) is 0 Å². The van der Waals surface area contributed by atoms with Crippen LogP contribution in [0.2, 0.25) is 0 Å². The van der Waals surface area contributed by atoms with Crippen LogP contribution < -0.4 is 4.74 Å². The number of aromatic nitrogens is 1. The number of carbonyl (C=O) groups excluding carboxylic acids is 2. The molecule has 1 aromatic heterocycles. The summed E-state index contributed by atoms with van der Waals surface area (Å²) in [5.74, 6) is -0.599. The van der Waals surface area contributed by atoms with Gasteiger partial charge in [0, 0.05) is 48.0 Å². The minimum absolute atomic E-state index is 0. The second-order valence-corrected chi connectivity index (χ2v) is 9.79. The summed E-state index contributed by atoms with van der Waals surface area (Å²) in [6.45, 7) is 11.0. The fourth-order valence-corrected chi connectivity index (χ4v) is 2.76. The molecular formula is C27H30F2IrNO3-. The molecule has 0 unspecified atom stereocenters. The molecule has 0 amide bonds. The third-order valence-electron chi connectivity index (χ3n) is 5.02. The normalized spacial score (nSPS) is 11.2. The van der Waals surface area contributed by atoms with Gasteiger partial charge in [0.15, 0.2) is 0 Å². The number of ether oxygens (including phenoxy) is 1. The Labute approximate surface area is 213 Å². The van der Waals surface area contributed by atoms with Gasteiger partial charge >= 0.3 is 0 Å². The number of hydrogen-bond acceptors (Lipinski definition) is 4. The van der Waals surface area contributed by atoms with Crippen molar-refractivity contribution in [3.63, 3.8) is 0 Å². The minimum atomic E-state index is -0.681. The van der Waals surface area contributed by atoms with E-state index in [0.717, 1.165) is 17.5 Å². The average molecular weight is 647 g/mol. The van der Waals surface area contributed by atoms with Crippen LogP contribution in [0.15, 0.2) is 42.5 Å². The predicted molar refractivity (Wildman–Crippen MR) is 126 cm³/mol. The van der Waals surface area contributed by atoms with Crippen molar-refractivity contribution in [2.45, 2.75) is 48.0 Å². The second kappa shape index (κ2) is 11.8. The molecule has 0 bridgehead atoms. The smallest absolute Gasteiger partial charge is 0.145 e. The van der Waals surface area contributed by atoms with Crippen LogP contribution in [-0.2, 0) is 29.7 Å². The van der Waals surface area contributed by atoms with Crippen molar-refractivity contribution < 1.29 is 43.2 Å². The zero-order valence-electron chi connectivity index (χ0n) is 20.5. The number of Topliss-reactive ketones (excluding diaryl/α,β-unsaturated/α-hetero) is 2. The van der Waals surface area contributed by atoms with E-state index in [1.54, 1.807) is 19.2 Å². The Hall–Kier alpha value is -2.50. The third-order valence-corrected chi connectivity index (χ3v) is 5.02. The number of halogens is 2. The van der Waals surface area contributed by atoms with Gasteiger partial charge in [0.2, 0.25) is 0 Å². The number of rotatable bonds is 4. The Kier molecular flexibility index (Phi) is 10.2. The van der Waals surface area contributed by atoms with Crippen molar-refractivity contribution in [1.82, 2.24) is 4.98 Å². The Bertz CT molecular complexity index is 1140. The molecule has 185 valence electrons. The third kappa shape index (κ3) is 7.78. The average Bonchev–Trinajstić information content (AvgIpc) is 2.72. The van der Waals surface area contributed by atoms with Crippen molar-refractivity contribution in [3.8, 4) is 17.0 Å². The van der Waals surface area contributed by atoms with Gasteiger partial charge in [-0.15, -0.1) is 12.1 Å².